The summed E-state index contributed by atoms with van der Waals surface area (Å²) in [7, 11) is 0. The van der Waals surface area contributed by atoms with Crippen molar-refractivity contribution in [1.82, 2.24) is 9.88 Å². The molecule has 0 aliphatic heterocycles. The molecule has 2 N–H and O–H groups in total. The summed E-state index contributed by atoms with van der Waals surface area (Å²) in [5.74, 6) is 0.502. The number of nitrogens with zero attached hydrogens (tertiary/aromatic N) is 2. The van der Waals surface area contributed by atoms with E-state index in [1.54, 1.807) is 0 Å². The molecule has 0 saturated carbocycles. The van der Waals surface area contributed by atoms with Crippen LogP contribution in [0.25, 0.3) is 0 Å². The van der Waals surface area contributed by atoms with Crippen LogP contribution in [0.15, 0.2) is 5.38 Å². The number of hydrogen-bond acceptors (Lipinski definition) is 4. The van der Waals surface area contributed by atoms with E-state index < -0.39 is 0 Å². The first kappa shape index (κ1) is 17.4. The van der Waals surface area contributed by atoms with E-state index in [-0.39, 0.29) is 18.3 Å². The van der Waals surface area contributed by atoms with E-state index in [0.29, 0.717) is 18.2 Å². The maximum Gasteiger partial charge on any atom is 0.273 e. The lowest BCUT2D eigenvalue weighted by Crippen LogP contribution is -2.34. The normalized spacial score (nSPS) is 10.3. The molecular weight excluding hydrogens is 270 g/mol. The van der Waals surface area contributed by atoms with Crippen LogP contribution in [0.4, 0.5) is 0 Å². The van der Waals surface area contributed by atoms with Crippen molar-refractivity contribution in [1.29, 1.82) is 0 Å². The van der Waals surface area contributed by atoms with Crippen molar-refractivity contribution >= 4 is 29.7 Å². The summed E-state index contributed by atoms with van der Waals surface area (Å²) >= 11 is 1.51. The average molecular weight is 292 g/mol. The van der Waals surface area contributed by atoms with Gasteiger partial charge < -0.3 is 10.6 Å². The Morgan fingerprint density at radius 2 is 2.22 bits per heavy atom. The van der Waals surface area contributed by atoms with Gasteiger partial charge in [0.15, 0.2) is 0 Å². The Bertz CT molecular complexity index is 368. The molecule has 0 saturated heterocycles. The lowest BCUT2D eigenvalue weighted by atomic mass is 10.2. The van der Waals surface area contributed by atoms with Crippen LogP contribution in [0.3, 0.4) is 0 Å². The SMILES string of the molecule is CCN(CC(C)C)C(=O)c1csc(CCN)n1.Cl. The van der Waals surface area contributed by atoms with E-state index >= 15 is 0 Å². The van der Waals surface area contributed by atoms with Gasteiger partial charge in [-0.3, -0.25) is 4.79 Å². The van der Waals surface area contributed by atoms with Gasteiger partial charge >= 0.3 is 0 Å². The summed E-state index contributed by atoms with van der Waals surface area (Å²) in [6.07, 6.45) is 0.744. The zero-order valence-corrected chi connectivity index (χ0v) is 12.8. The summed E-state index contributed by atoms with van der Waals surface area (Å²) in [6, 6.07) is 0. The second-order valence-electron chi connectivity index (χ2n) is 4.40. The van der Waals surface area contributed by atoms with Crippen molar-refractivity contribution in [3.8, 4) is 0 Å². The van der Waals surface area contributed by atoms with Crippen molar-refractivity contribution in [3.05, 3.63) is 16.1 Å². The molecule has 0 spiro atoms. The molecular formula is C12H22ClN3OS. The van der Waals surface area contributed by atoms with Gasteiger partial charge in [0.2, 0.25) is 0 Å². The number of carbonyl (C=O) groups is 1. The molecule has 0 atom stereocenters. The van der Waals surface area contributed by atoms with Crippen LogP contribution in [-0.2, 0) is 6.42 Å². The van der Waals surface area contributed by atoms with Crippen LogP contribution >= 0.6 is 23.7 Å². The third-order valence-corrected chi connectivity index (χ3v) is 3.29. The molecule has 0 aliphatic rings. The molecule has 4 nitrogen and oxygen atoms in total. The van der Waals surface area contributed by atoms with Gasteiger partial charge in [-0.15, -0.1) is 23.7 Å². The van der Waals surface area contributed by atoms with Crippen molar-refractivity contribution in [2.24, 2.45) is 11.7 Å². The van der Waals surface area contributed by atoms with Crippen LogP contribution in [-0.4, -0.2) is 35.4 Å². The standard InChI is InChI=1S/C12H21N3OS.ClH/c1-4-15(7-9(2)3)12(16)10-8-17-11(14-10)5-6-13;/h8-9H,4-7,13H2,1-3H3;1H. The maximum atomic E-state index is 12.2. The maximum absolute atomic E-state index is 12.2. The summed E-state index contributed by atoms with van der Waals surface area (Å²) in [5.41, 5.74) is 6.03. The zero-order valence-electron chi connectivity index (χ0n) is 11.2. The Kier molecular flexibility index (Phi) is 8.15. The number of amides is 1. The van der Waals surface area contributed by atoms with Gasteiger partial charge in [0.05, 0.1) is 5.01 Å². The number of nitrogens with two attached hydrogens (primary N) is 1. The lowest BCUT2D eigenvalue weighted by Gasteiger charge is -2.21. The first-order chi connectivity index (χ1) is 8.08. The third kappa shape index (κ3) is 4.92. The van der Waals surface area contributed by atoms with Crippen molar-refractivity contribution in [3.63, 3.8) is 0 Å². The first-order valence-corrected chi connectivity index (χ1v) is 6.90. The number of hydrogen-bond donors (Lipinski definition) is 1. The minimum atomic E-state index is 0. The monoisotopic (exact) mass is 291 g/mol. The molecule has 0 aromatic carbocycles. The Labute approximate surface area is 119 Å². The second kappa shape index (κ2) is 8.45. The quantitative estimate of drug-likeness (QED) is 0.874. The number of halogens is 1. The fourth-order valence-corrected chi connectivity index (χ4v) is 2.39. The van der Waals surface area contributed by atoms with Crippen molar-refractivity contribution in [2.75, 3.05) is 19.6 Å². The number of rotatable bonds is 6. The number of aromatic nitrogens is 1. The highest BCUT2D eigenvalue weighted by atomic mass is 35.5. The van der Waals surface area contributed by atoms with Gasteiger partial charge in [0, 0.05) is 24.9 Å². The fraction of sp³-hybridized carbons (Fsp3) is 0.667. The van der Waals surface area contributed by atoms with Crippen molar-refractivity contribution in [2.45, 2.75) is 27.2 Å². The second-order valence-corrected chi connectivity index (χ2v) is 5.35. The summed E-state index contributed by atoms with van der Waals surface area (Å²) in [6.45, 7) is 8.28. The fourth-order valence-electron chi connectivity index (χ4n) is 1.61. The lowest BCUT2D eigenvalue weighted by molar-refractivity contribution is 0.0740. The highest BCUT2D eigenvalue weighted by Gasteiger charge is 2.17. The molecule has 0 aliphatic carbocycles. The van der Waals surface area contributed by atoms with Gasteiger partial charge in [-0.05, 0) is 19.4 Å². The van der Waals surface area contributed by atoms with E-state index in [1.165, 1.54) is 11.3 Å². The molecule has 1 rings (SSSR count). The molecule has 18 heavy (non-hydrogen) atoms. The molecule has 6 heteroatoms. The highest BCUT2D eigenvalue weighted by Crippen LogP contribution is 2.13. The molecule has 1 amide bonds. The summed E-state index contributed by atoms with van der Waals surface area (Å²) < 4.78 is 0. The number of carbonyl (C=O) groups excluding carboxylic acids is 1. The average Bonchev–Trinajstić information content (AvgIpc) is 2.74. The van der Waals surface area contributed by atoms with Gasteiger partial charge in [-0.2, -0.15) is 0 Å². The van der Waals surface area contributed by atoms with Gasteiger partial charge in [-0.25, -0.2) is 4.98 Å². The van der Waals surface area contributed by atoms with E-state index in [4.69, 9.17) is 5.73 Å². The smallest absolute Gasteiger partial charge is 0.273 e. The topological polar surface area (TPSA) is 59.2 Å². The van der Waals surface area contributed by atoms with Crippen LogP contribution in [0.2, 0.25) is 0 Å². The van der Waals surface area contributed by atoms with E-state index in [0.717, 1.165) is 24.5 Å². The number of thiazole rings is 1. The third-order valence-electron chi connectivity index (χ3n) is 2.38. The van der Waals surface area contributed by atoms with Crippen LogP contribution < -0.4 is 5.73 Å². The predicted octanol–water partition coefficient (Wildman–Crippen LogP) is 2.18. The molecule has 1 heterocycles. The molecule has 104 valence electrons. The molecule has 0 bridgehead atoms. The van der Waals surface area contributed by atoms with Crippen LogP contribution in [0.5, 0.6) is 0 Å². The molecule has 1 aromatic rings. The van der Waals surface area contributed by atoms with Gasteiger partial charge in [-0.1, -0.05) is 13.8 Å². The predicted molar refractivity (Wildman–Crippen MR) is 78.5 cm³/mol. The Balaban J connectivity index is 0.00000289. The molecule has 1 aromatic heterocycles. The van der Waals surface area contributed by atoms with Crippen LogP contribution in [0, 0.1) is 5.92 Å². The van der Waals surface area contributed by atoms with E-state index in [9.17, 15) is 4.79 Å². The Hall–Kier alpha value is -0.650. The van der Waals surface area contributed by atoms with E-state index in [2.05, 4.69) is 18.8 Å². The summed E-state index contributed by atoms with van der Waals surface area (Å²) in [4.78, 5) is 18.3. The molecule has 0 fully saturated rings. The zero-order chi connectivity index (χ0) is 12.8. The first-order valence-electron chi connectivity index (χ1n) is 6.02. The minimum absolute atomic E-state index is 0. The molecule has 0 radical (unpaired) electrons. The van der Waals surface area contributed by atoms with Gasteiger partial charge in [0.1, 0.15) is 5.69 Å². The highest BCUT2D eigenvalue weighted by molar-refractivity contribution is 7.09. The minimum Gasteiger partial charge on any atom is -0.337 e. The van der Waals surface area contributed by atoms with Crippen molar-refractivity contribution < 1.29 is 4.79 Å². The molecule has 0 unspecified atom stereocenters. The van der Waals surface area contributed by atoms with Crippen LogP contribution in [0.1, 0.15) is 36.3 Å². The Morgan fingerprint density at radius 1 is 1.56 bits per heavy atom. The largest absolute Gasteiger partial charge is 0.337 e. The Morgan fingerprint density at radius 3 is 2.72 bits per heavy atom. The summed E-state index contributed by atoms with van der Waals surface area (Å²) in [5, 5.41) is 2.77. The van der Waals surface area contributed by atoms with E-state index in [1.807, 2.05) is 17.2 Å². The van der Waals surface area contributed by atoms with Gasteiger partial charge in [0.25, 0.3) is 5.91 Å².